The minimum atomic E-state index is -0.485. The van der Waals surface area contributed by atoms with Gasteiger partial charge in [0.05, 0.1) is 6.10 Å². The number of carbonyl (C=O) groups excluding carboxylic acids is 2. The Bertz CT molecular complexity index is 768. The summed E-state index contributed by atoms with van der Waals surface area (Å²) in [7, 11) is 0. The first-order chi connectivity index (χ1) is 12.6. The van der Waals surface area contributed by atoms with Crippen LogP contribution in [0.2, 0.25) is 0 Å². The smallest absolute Gasteiger partial charge is 0.253 e. The lowest BCUT2D eigenvalue weighted by Crippen LogP contribution is -2.29. The number of rotatable bonds is 6. The third-order valence-corrected chi connectivity index (χ3v) is 4.36. The van der Waals surface area contributed by atoms with Gasteiger partial charge in [0, 0.05) is 30.3 Å². The van der Waals surface area contributed by atoms with E-state index in [1.165, 1.54) is 0 Å². The predicted octanol–water partition coefficient (Wildman–Crippen LogP) is 1.95. The van der Waals surface area contributed by atoms with Gasteiger partial charge in [0.15, 0.2) is 0 Å². The molecule has 2 heterocycles. The second-order valence-corrected chi connectivity index (χ2v) is 6.28. The number of ether oxygens (including phenoxy) is 1. The van der Waals surface area contributed by atoms with Crippen molar-refractivity contribution in [2.75, 3.05) is 17.2 Å². The molecule has 0 radical (unpaired) electrons. The summed E-state index contributed by atoms with van der Waals surface area (Å²) in [6.45, 7) is 2.18. The maximum atomic E-state index is 12.3. The summed E-state index contributed by atoms with van der Waals surface area (Å²) >= 11 is 0. The highest BCUT2D eigenvalue weighted by Gasteiger charge is 2.29. The summed E-state index contributed by atoms with van der Waals surface area (Å²) in [5.41, 5.74) is 6.76. The highest BCUT2D eigenvalue weighted by molar-refractivity contribution is 5.97. The molecular formula is C18H24ClN5O3. The van der Waals surface area contributed by atoms with Crippen LogP contribution >= 0.6 is 12.4 Å². The molecule has 1 saturated heterocycles. The summed E-state index contributed by atoms with van der Waals surface area (Å²) in [5.74, 6) is -0.392. The standard InChI is InChI=1S/C18H23N5O3.ClH/c1-12(23-9-3-8-20-23)17(24)21-13-4-2-5-14(10-13)22-18(25)16-7-6-15(11-19)26-16;/h2-5,8-10,12,15-16H,6-7,11,19H2,1H3,(H,21,24)(H,22,25);1H/t12?,15-,16+;/m1./s1. The fourth-order valence-electron chi connectivity index (χ4n) is 2.85. The summed E-state index contributed by atoms with van der Waals surface area (Å²) in [4.78, 5) is 24.6. The van der Waals surface area contributed by atoms with E-state index in [1.54, 1.807) is 54.3 Å². The number of amides is 2. The van der Waals surface area contributed by atoms with Gasteiger partial charge in [-0.1, -0.05) is 6.07 Å². The Balaban J connectivity index is 0.00000261. The molecule has 3 rings (SSSR count). The van der Waals surface area contributed by atoms with E-state index in [1.807, 2.05) is 0 Å². The van der Waals surface area contributed by atoms with E-state index in [-0.39, 0.29) is 30.3 Å². The van der Waals surface area contributed by atoms with Crippen molar-refractivity contribution >= 4 is 35.6 Å². The molecule has 3 atom stereocenters. The SMILES string of the molecule is CC(C(=O)Nc1cccc(NC(=O)[C@@H]2CC[C@H](CN)O2)c1)n1cccn1.Cl. The van der Waals surface area contributed by atoms with Crippen LogP contribution in [0.15, 0.2) is 42.7 Å². The van der Waals surface area contributed by atoms with Crippen molar-refractivity contribution in [2.24, 2.45) is 5.73 Å². The number of nitrogens with one attached hydrogen (secondary N) is 2. The largest absolute Gasteiger partial charge is 0.364 e. The molecule has 2 amide bonds. The average Bonchev–Trinajstić information content (AvgIpc) is 3.33. The molecule has 0 bridgehead atoms. The van der Waals surface area contributed by atoms with E-state index in [0.29, 0.717) is 24.3 Å². The van der Waals surface area contributed by atoms with Crippen LogP contribution in [0, 0.1) is 0 Å². The zero-order valence-corrected chi connectivity index (χ0v) is 15.8. The quantitative estimate of drug-likeness (QED) is 0.694. The predicted molar refractivity (Wildman–Crippen MR) is 105 cm³/mol. The monoisotopic (exact) mass is 393 g/mol. The molecule has 8 nitrogen and oxygen atoms in total. The third kappa shape index (κ3) is 5.29. The fraction of sp³-hybridized carbons (Fsp3) is 0.389. The molecule has 1 aromatic carbocycles. The summed E-state index contributed by atoms with van der Waals surface area (Å²) in [6, 6.07) is 8.33. The second-order valence-electron chi connectivity index (χ2n) is 6.28. The molecule has 2 aromatic rings. The van der Waals surface area contributed by atoms with Gasteiger partial charge in [-0.15, -0.1) is 12.4 Å². The Hall–Kier alpha value is -2.42. The highest BCUT2D eigenvalue weighted by Crippen LogP contribution is 2.22. The van der Waals surface area contributed by atoms with Crippen molar-refractivity contribution in [3.63, 3.8) is 0 Å². The summed E-state index contributed by atoms with van der Waals surface area (Å²) < 4.78 is 7.17. The number of benzene rings is 1. The van der Waals surface area contributed by atoms with Gasteiger partial charge in [-0.25, -0.2) is 0 Å². The van der Waals surface area contributed by atoms with E-state index in [9.17, 15) is 9.59 Å². The van der Waals surface area contributed by atoms with Crippen molar-refractivity contribution in [3.05, 3.63) is 42.7 Å². The molecule has 9 heteroatoms. The second kappa shape index (κ2) is 9.50. The van der Waals surface area contributed by atoms with Gasteiger partial charge >= 0.3 is 0 Å². The van der Waals surface area contributed by atoms with Crippen LogP contribution in [0.1, 0.15) is 25.8 Å². The molecule has 1 aromatic heterocycles. The van der Waals surface area contributed by atoms with E-state index >= 15 is 0 Å². The van der Waals surface area contributed by atoms with Crippen LogP contribution in [0.3, 0.4) is 0 Å². The summed E-state index contributed by atoms with van der Waals surface area (Å²) in [6.07, 6.45) is 4.26. The van der Waals surface area contributed by atoms with Crippen molar-refractivity contribution in [1.82, 2.24) is 9.78 Å². The normalized spacial score (nSPS) is 19.8. The minimum absolute atomic E-state index is 0. The van der Waals surface area contributed by atoms with Crippen LogP contribution in [-0.2, 0) is 14.3 Å². The van der Waals surface area contributed by atoms with Gasteiger partial charge in [-0.3, -0.25) is 14.3 Å². The Morgan fingerprint density at radius 3 is 2.67 bits per heavy atom. The molecule has 27 heavy (non-hydrogen) atoms. The van der Waals surface area contributed by atoms with E-state index in [4.69, 9.17) is 10.5 Å². The van der Waals surface area contributed by atoms with Crippen LogP contribution in [0.4, 0.5) is 11.4 Å². The molecule has 0 spiro atoms. The maximum absolute atomic E-state index is 12.3. The van der Waals surface area contributed by atoms with E-state index < -0.39 is 12.1 Å². The molecule has 1 unspecified atom stereocenters. The maximum Gasteiger partial charge on any atom is 0.253 e. The lowest BCUT2D eigenvalue weighted by atomic mass is 10.2. The molecule has 1 fully saturated rings. The van der Waals surface area contributed by atoms with Gasteiger partial charge in [0.25, 0.3) is 5.91 Å². The molecule has 0 saturated carbocycles. The Morgan fingerprint density at radius 1 is 1.30 bits per heavy atom. The highest BCUT2D eigenvalue weighted by atomic mass is 35.5. The number of carbonyl (C=O) groups is 2. The lowest BCUT2D eigenvalue weighted by molar-refractivity contribution is -0.126. The third-order valence-electron chi connectivity index (χ3n) is 4.36. The van der Waals surface area contributed by atoms with Gasteiger partial charge in [-0.05, 0) is 44.0 Å². The topological polar surface area (TPSA) is 111 Å². The zero-order chi connectivity index (χ0) is 18.5. The van der Waals surface area contributed by atoms with Crippen molar-refractivity contribution < 1.29 is 14.3 Å². The Morgan fingerprint density at radius 2 is 2.04 bits per heavy atom. The first kappa shape index (κ1) is 20.9. The molecule has 4 N–H and O–H groups in total. The van der Waals surface area contributed by atoms with Crippen LogP contribution < -0.4 is 16.4 Å². The number of anilines is 2. The fourth-order valence-corrected chi connectivity index (χ4v) is 2.85. The zero-order valence-electron chi connectivity index (χ0n) is 15.0. The molecule has 1 aliphatic rings. The molecule has 146 valence electrons. The average molecular weight is 394 g/mol. The molecule has 1 aliphatic heterocycles. The first-order valence-corrected chi connectivity index (χ1v) is 8.63. The van der Waals surface area contributed by atoms with Crippen molar-refractivity contribution in [1.29, 1.82) is 0 Å². The van der Waals surface area contributed by atoms with Gasteiger partial charge in [-0.2, -0.15) is 5.10 Å². The minimum Gasteiger partial charge on any atom is -0.364 e. The number of nitrogens with two attached hydrogens (primary N) is 1. The van der Waals surface area contributed by atoms with Gasteiger partial charge in [0.2, 0.25) is 5.91 Å². The van der Waals surface area contributed by atoms with Crippen molar-refractivity contribution in [3.8, 4) is 0 Å². The Labute approximate surface area is 163 Å². The van der Waals surface area contributed by atoms with Gasteiger partial charge in [0.1, 0.15) is 12.1 Å². The molecular weight excluding hydrogens is 370 g/mol. The number of nitrogens with zero attached hydrogens (tertiary/aromatic N) is 2. The van der Waals surface area contributed by atoms with Gasteiger partial charge < -0.3 is 21.1 Å². The van der Waals surface area contributed by atoms with E-state index in [0.717, 1.165) is 6.42 Å². The Kier molecular flexibility index (Phi) is 7.35. The van der Waals surface area contributed by atoms with Crippen LogP contribution in [0.25, 0.3) is 0 Å². The lowest BCUT2D eigenvalue weighted by Gasteiger charge is -2.15. The van der Waals surface area contributed by atoms with E-state index in [2.05, 4.69) is 15.7 Å². The number of aromatic nitrogens is 2. The number of hydrogen-bond donors (Lipinski definition) is 3. The first-order valence-electron chi connectivity index (χ1n) is 8.63. The summed E-state index contributed by atoms with van der Waals surface area (Å²) in [5, 5.41) is 9.72. The number of hydrogen-bond acceptors (Lipinski definition) is 5. The van der Waals surface area contributed by atoms with Crippen molar-refractivity contribution in [2.45, 2.75) is 38.0 Å². The molecule has 0 aliphatic carbocycles. The van der Waals surface area contributed by atoms with Crippen LogP contribution in [0.5, 0.6) is 0 Å². The number of halogens is 1. The van der Waals surface area contributed by atoms with Crippen LogP contribution in [-0.4, -0.2) is 40.3 Å².